The van der Waals surface area contributed by atoms with Gasteiger partial charge in [0, 0.05) is 6.54 Å². The fourth-order valence-corrected chi connectivity index (χ4v) is 2.44. The zero-order valence-corrected chi connectivity index (χ0v) is 11.9. The Morgan fingerprint density at radius 3 is 2.74 bits per heavy atom. The van der Waals surface area contributed by atoms with Crippen LogP contribution in [0.5, 0.6) is 5.88 Å². The molecule has 1 heterocycles. The van der Waals surface area contributed by atoms with Gasteiger partial charge in [-0.1, -0.05) is 20.3 Å². The van der Waals surface area contributed by atoms with Crippen molar-refractivity contribution in [2.24, 2.45) is 5.41 Å². The van der Waals surface area contributed by atoms with E-state index in [0.29, 0.717) is 29.4 Å². The lowest BCUT2D eigenvalue weighted by Gasteiger charge is -2.41. The van der Waals surface area contributed by atoms with Crippen molar-refractivity contribution in [1.29, 1.82) is 0 Å². The largest absolute Gasteiger partial charge is 0.476 e. The number of aromatic nitrogens is 2. The number of anilines is 2. The first-order valence-electron chi connectivity index (χ1n) is 7.18. The monoisotopic (exact) mass is 264 g/mol. The molecular formula is C14H24N4O. The molecule has 1 saturated carbocycles. The van der Waals surface area contributed by atoms with Crippen LogP contribution >= 0.6 is 0 Å². The van der Waals surface area contributed by atoms with Crippen LogP contribution in [-0.2, 0) is 0 Å². The standard InChI is InChI=1S/C14H24N4O/c1-3-8-19-13-11(15)12(17-10-18-13)16-9-14(4-2)6-5-7-14/h10H,3-9,15H2,1-2H3,(H,16,17,18). The van der Waals surface area contributed by atoms with Gasteiger partial charge in [0.05, 0.1) is 6.61 Å². The zero-order valence-electron chi connectivity index (χ0n) is 11.9. The van der Waals surface area contributed by atoms with Crippen molar-refractivity contribution in [2.45, 2.75) is 46.0 Å². The summed E-state index contributed by atoms with van der Waals surface area (Å²) < 4.78 is 5.51. The van der Waals surface area contributed by atoms with Gasteiger partial charge in [-0.15, -0.1) is 0 Å². The molecule has 0 aromatic carbocycles. The van der Waals surface area contributed by atoms with E-state index in [-0.39, 0.29) is 0 Å². The minimum absolute atomic E-state index is 0.432. The Morgan fingerprint density at radius 2 is 2.16 bits per heavy atom. The average molecular weight is 264 g/mol. The lowest BCUT2D eigenvalue weighted by molar-refractivity contribution is 0.145. The summed E-state index contributed by atoms with van der Waals surface area (Å²) in [6, 6.07) is 0. The van der Waals surface area contributed by atoms with Gasteiger partial charge in [0.1, 0.15) is 12.0 Å². The van der Waals surface area contributed by atoms with Gasteiger partial charge in [0.2, 0.25) is 5.88 Å². The molecule has 0 amide bonds. The lowest BCUT2D eigenvalue weighted by Crippen LogP contribution is -2.36. The van der Waals surface area contributed by atoms with Gasteiger partial charge in [-0.3, -0.25) is 0 Å². The van der Waals surface area contributed by atoms with Crippen LogP contribution in [0.4, 0.5) is 11.5 Å². The van der Waals surface area contributed by atoms with E-state index in [1.54, 1.807) is 0 Å². The molecule has 106 valence electrons. The van der Waals surface area contributed by atoms with Crippen LogP contribution in [0.3, 0.4) is 0 Å². The van der Waals surface area contributed by atoms with Gasteiger partial charge >= 0.3 is 0 Å². The molecule has 0 spiro atoms. The summed E-state index contributed by atoms with van der Waals surface area (Å²) in [5.74, 6) is 1.18. The van der Waals surface area contributed by atoms with E-state index >= 15 is 0 Å². The van der Waals surface area contributed by atoms with Crippen LogP contribution in [-0.4, -0.2) is 23.1 Å². The Kier molecular flexibility index (Phi) is 4.45. The molecule has 5 heteroatoms. The Balaban J connectivity index is 1.99. The molecule has 1 fully saturated rings. The number of nitrogens with two attached hydrogens (primary N) is 1. The topological polar surface area (TPSA) is 73.1 Å². The summed E-state index contributed by atoms with van der Waals surface area (Å²) in [5.41, 5.74) is 6.99. The number of rotatable bonds is 7. The van der Waals surface area contributed by atoms with Crippen LogP contribution in [0, 0.1) is 5.41 Å². The van der Waals surface area contributed by atoms with Gasteiger partial charge in [0.25, 0.3) is 0 Å². The van der Waals surface area contributed by atoms with Crippen molar-refractivity contribution in [1.82, 2.24) is 9.97 Å². The third-order valence-corrected chi connectivity index (χ3v) is 4.09. The van der Waals surface area contributed by atoms with E-state index in [2.05, 4.69) is 29.1 Å². The molecule has 1 aliphatic rings. The second kappa shape index (κ2) is 6.08. The van der Waals surface area contributed by atoms with Crippen LogP contribution < -0.4 is 15.8 Å². The highest BCUT2D eigenvalue weighted by Gasteiger charge is 2.34. The molecule has 1 aliphatic carbocycles. The number of hydrogen-bond acceptors (Lipinski definition) is 5. The summed E-state index contributed by atoms with van der Waals surface area (Å²) >= 11 is 0. The minimum Gasteiger partial charge on any atom is -0.476 e. The van der Waals surface area contributed by atoms with Crippen molar-refractivity contribution in [3.05, 3.63) is 6.33 Å². The van der Waals surface area contributed by atoms with E-state index in [1.165, 1.54) is 32.0 Å². The molecule has 2 rings (SSSR count). The second-order valence-electron chi connectivity index (χ2n) is 5.35. The molecule has 0 bridgehead atoms. The van der Waals surface area contributed by atoms with Crippen molar-refractivity contribution in [2.75, 3.05) is 24.2 Å². The highest BCUT2D eigenvalue weighted by Crippen LogP contribution is 2.43. The van der Waals surface area contributed by atoms with Crippen LogP contribution in [0.15, 0.2) is 6.33 Å². The fourth-order valence-electron chi connectivity index (χ4n) is 2.44. The van der Waals surface area contributed by atoms with Crippen LogP contribution in [0.25, 0.3) is 0 Å². The summed E-state index contributed by atoms with van der Waals surface area (Å²) in [7, 11) is 0. The Labute approximate surface area is 115 Å². The summed E-state index contributed by atoms with van der Waals surface area (Å²) in [6.45, 7) is 5.86. The van der Waals surface area contributed by atoms with Crippen molar-refractivity contribution >= 4 is 11.5 Å². The molecule has 0 aliphatic heterocycles. The number of nitrogens with zero attached hydrogens (tertiary/aromatic N) is 2. The SMILES string of the molecule is CCCOc1ncnc(NCC2(CC)CCC2)c1N. The summed E-state index contributed by atoms with van der Waals surface area (Å²) in [5, 5.41) is 3.37. The van der Waals surface area contributed by atoms with Crippen molar-refractivity contribution in [3.8, 4) is 5.88 Å². The Hall–Kier alpha value is -1.52. The summed E-state index contributed by atoms with van der Waals surface area (Å²) in [6.07, 6.45) is 7.55. The predicted octanol–water partition coefficient (Wildman–Crippen LogP) is 2.84. The van der Waals surface area contributed by atoms with Crippen LogP contribution in [0.1, 0.15) is 46.0 Å². The molecule has 1 aromatic heterocycles. The smallest absolute Gasteiger partial charge is 0.242 e. The second-order valence-corrected chi connectivity index (χ2v) is 5.35. The maximum atomic E-state index is 6.04. The Bertz CT molecular complexity index is 412. The molecule has 5 nitrogen and oxygen atoms in total. The van der Waals surface area contributed by atoms with Crippen molar-refractivity contribution in [3.63, 3.8) is 0 Å². The quantitative estimate of drug-likeness (QED) is 0.792. The van der Waals surface area contributed by atoms with E-state index < -0.39 is 0 Å². The molecule has 0 saturated heterocycles. The number of ether oxygens (including phenoxy) is 1. The normalized spacial score (nSPS) is 16.7. The number of nitrogens with one attached hydrogen (secondary N) is 1. The lowest BCUT2D eigenvalue weighted by atomic mass is 9.67. The number of hydrogen-bond donors (Lipinski definition) is 2. The predicted molar refractivity (Wildman–Crippen MR) is 77.3 cm³/mol. The van der Waals surface area contributed by atoms with Gasteiger partial charge in [-0.2, -0.15) is 4.98 Å². The molecule has 3 N–H and O–H groups in total. The first-order chi connectivity index (χ1) is 9.21. The third kappa shape index (κ3) is 3.08. The maximum absolute atomic E-state index is 6.04. The maximum Gasteiger partial charge on any atom is 0.242 e. The minimum atomic E-state index is 0.432. The van der Waals surface area contributed by atoms with Crippen LogP contribution in [0.2, 0.25) is 0 Å². The zero-order chi connectivity index (χ0) is 13.7. The third-order valence-electron chi connectivity index (χ3n) is 4.09. The van der Waals surface area contributed by atoms with Gasteiger partial charge in [-0.25, -0.2) is 4.98 Å². The molecular weight excluding hydrogens is 240 g/mol. The summed E-state index contributed by atoms with van der Waals surface area (Å²) in [4.78, 5) is 8.29. The van der Waals surface area contributed by atoms with E-state index in [9.17, 15) is 0 Å². The van der Waals surface area contributed by atoms with E-state index in [1.807, 2.05) is 0 Å². The molecule has 0 unspecified atom stereocenters. The average Bonchev–Trinajstić information content (AvgIpc) is 2.38. The van der Waals surface area contributed by atoms with E-state index in [4.69, 9.17) is 10.5 Å². The first kappa shape index (κ1) is 13.9. The van der Waals surface area contributed by atoms with Gasteiger partial charge in [0.15, 0.2) is 5.82 Å². The van der Waals surface area contributed by atoms with Crippen molar-refractivity contribution < 1.29 is 4.74 Å². The molecule has 0 radical (unpaired) electrons. The van der Waals surface area contributed by atoms with Gasteiger partial charge in [-0.05, 0) is 31.1 Å². The Morgan fingerprint density at radius 1 is 1.37 bits per heavy atom. The highest BCUT2D eigenvalue weighted by atomic mass is 16.5. The molecule has 0 atom stereocenters. The molecule has 19 heavy (non-hydrogen) atoms. The van der Waals surface area contributed by atoms with E-state index in [0.717, 1.165) is 13.0 Å². The fraction of sp³-hybridized carbons (Fsp3) is 0.714. The highest BCUT2D eigenvalue weighted by molar-refractivity contribution is 5.66. The first-order valence-corrected chi connectivity index (χ1v) is 7.18. The molecule has 1 aromatic rings. The number of nitrogen functional groups attached to an aromatic ring is 1. The van der Waals surface area contributed by atoms with Gasteiger partial charge < -0.3 is 15.8 Å².